The van der Waals surface area contributed by atoms with E-state index < -0.39 is 0 Å². The number of ether oxygens (including phenoxy) is 3. The molecule has 0 amide bonds. The van der Waals surface area contributed by atoms with Crippen molar-refractivity contribution in [3.63, 3.8) is 0 Å². The van der Waals surface area contributed by atoms with Crippen LogP contribution in [-0.4, -0.2) is 18.7 Å². The summed E-state index contributed by atoms with van der Waals surface area (Å²) in [5, 5.41) is 0. The van der Waals surface area contributed by atoms with Crippen molar-refractivity contribution in [2.24, 2.45) is 0 Å². The van der Waals surface area contributed by atoms with Crippen molar-refractivity contribution in [3.05, 3.63) is 59.7 Å². The molecule has 118 valence electrons. The predicted octanol–water partition coefficient (Wildman–Crippen LogP) is 4.10. The number of carbonyl (C=O) groups is 1. The zero-order valence-electron chi connectivity index (χ0n) is 13.1. The third-order valence-corrected chi connectivity index (χ3v) is 3.35. The molecule has 0 N–H and O–H groups in total. The van der Waals surface area contributed by atoms with E-state index in [4.69, 9.17) is 14.2 Å². The van der Waals surface area contributed by atoms with Gasteiger partial charge in [-0.05, 0) is 50.3 Å². The van der Waals surface area contributed by atoms with Crippen LogP contribution in [0.2, 0.25) is 0 Å². The van der Waals surface area contributed by atoms with E-state index in [-0.39, 0.29) is 18.7 Å². The summed E-state index contributed by atoms with van der Waals surface area (Å²) in [6.07, 6.45) is 3.39. The molecule has 4 nitrogen and oxygen atoms in total. The summed E-state index contributed by atoms with van der Waals surface area (Å²) in [6.45, 7) is 4.14. The van der Waals surface area contributed by atoms with Crippen LogP contribution in [0.3, 0.4) is 0 Å². The van der Waals surface area contributed by atoms with Gasteiger partial charge in [0, 0.05) is 11.1 Å². The lowest BCUT2D eigenvalue weighted by atomic mass is 10.1. The summed E-state index contributed by atoms with van der Waals surface area (Å²) in [4.78, 5) is 12.3. The van der Waals surface area contributed by atoms with Gasteiger partial charge in [-0.15, -0.1) is 0 Å². The fraction of sp³-hybridized carbons (Fsp3) is 0.211. The molecule has 1 aliphatic rings. The van der Waals surface area contributed by atoms with Gasteiger partial charge in [-0.2, -0.15) is 0 Å². The number of hydrogen-bond donors (Lipinski definition) is 0. The number of carbonyl (C=O) groups excluding carboxylic acids is 1. The molecule has 2 aromatic rings. The van der Waals surface area contributed by atoms with Gasteiger partial charge in [0.2, 0.25) is 6.79 Å². The maximum atomic E-state index is 12.3. The van der Waals surface area contributed by atoms with Crippen molar-refractivity contribution < 1.29 is 19.0 Å². The van der Waals surface area contributed by atoms with Gasteiger partial charge in [-0.3, -0.25) is 4.79 Å². The van der Waals surface area contributed by atoms with Crippen molar-refractivity contribution >= 4 is 11.9 Å². The van der Waals surface area contributed by atoms with Gasteiger partial charge < -0.3 is 14.2 Å². The van der Waals surface area contributed by atoms with Crippen LogP contribution in [0.25, 0.3) is 6.08 Å². The summed E-state index contributed by atoms with van der Waals surface area (Å²) in [6, 6.07) is 12.8. The summed E-state index contributed by atoms with van der Waals surface area (Å²) >= 11 is 0. The SMILES string of the molecule is CC(C)Oc1ccccc1/C=C/C(=O)c1ccc2c(c1)OCO2. The summed E-state index contributed by atoms with van der Waals surface area (Å²) < 4.78 is 16.3. The number of ketones is 1. The van der Waals surface area contributed by atoms with Crippen LogP contribution in [0.4, 0.5) is 0 Å². The molecule has 4 heteroatoms. The Labute approximate surface area is 135 Å². The van der Waals surface area contributed by atoms with Gasteiger partial charge in [-0.25, -0.2) is 0 Å². The third kappa shape index (κ3) is 3.54. The minimum absolute atomic E-state index is 0.0779. The molecule has 0 spiro atoms. The topological polar surface area (TPSA) is 44.8 Å². The molecular formula is C19H18O4. The molecule has 0 aromatic heterocycles. The van der Waals surface area contributed by atoms with E-state index in [1.165, 1.54) is 0 Å². The van der Waals surface area contributed by atoms with Crippen LogP contribution in [0, 0.1) is 0 Å². The monoisotopic (exact) mass is 310 g/mol. The Balaban J connectivity index is 1.79. The number of benzene rings is 2. The molecule has 0 fully saturated rings. The Kier molecular flexibility index (Phi) is 4.33. The first-order valence-corrected chi connectivity index (χ1v) is 7.51. The molecule has 0 bridgehead atoms. The van der Waals surface area contributed by atoms with E-state index in [0.29, 0.717) is 17.1 Å². The lowest BCUT2D eigenvalue weighted by Gasteiger charge is -2.11. The van der Waals surface area contributed by atoms with Gasteiger partial charge in [-0.1, -0.05) is 18.2 Å². The predicted molar refractivity (Wildman–Crippen MR) is 88.1 cm³/mol. The Bertz CT molecular complexity index is 747. The standard InChI is InChI=1S/C19H18O4/c1-13(2)23-17-6-4-3-5-14(17)7-9-16(20)15-8-10-18-19(11-15)22-12-21-18/h3-11,13H,12H2,1-2H3/b9-7+. The van der Waals surface area contributed by atoms with E-state index in [9.17, 15) is 4.79 Å². The minimum atomic E-state index is -0.0948. The van der Waals surface area contributed by atoms with Gasteiger partial charge >= 0.3 is 0 Å². The maximum absolute atomic E-state index is 12.3. The summed E-state index contributed by atoms with van der Waals surface area (Å²) in [5.41, 5.74) is 1.43. The van der Waals surface area contributed by atoms with E-state index >= 15 is 0 Å². The Morgan fingerprint density at radius 1 is 1.13 bits per heavy atom. The van der Waals surface area contributed by atoms with Crippen molar-refractivity contribution in [2.75, 3.05) is 6.79 Å². The second-order valence-corrected chi connectivity index (χ2v) is 5.47. The second kappa shape index (κ2) is 6.57. The zero-order valence-corrected chi connectivity index (χ0v) is 13.1. The molecule has 0 atom stereocenters. The van der Waals surface area contributed by atoms with Crippen LogP contribution in [0.1, 0.15) is 29.8 Å². The molecule has 3 rings (SSSR count). The number of rotatable bonds is 5. The maximum Gasteiger partial charge on any atom is 0.231 e. The smallest absolute Gasteiger partial charge is 0.231 e. The average Bonchev–Trinajstić information content (AvgIpc) is 3.00. The van der Waals surface area contributed by atoms with Gasteiger partial charge in [0.15, 0.2) is 17.3 Å². The Hall–Kier alpha value is -2.75. The largest absolute Gasteiger partial charge is 0.490 e. The number of allylic oxidation sites excluding steroid dienone is 1. The number of fused-ring (bicyclic) bond motifs is 1. The van der Waals surface area contributed by atoms with E-state index in [2.05, 4.69) is 0 Å². The lowest BCUT2D eigenvalue weighted by molar-refractivity contribution is 0.104. The number of para-hydroxylation sites is 1. The van der Waals surface area contributed by atoms with Crippen LogP contribution in [0.5, 0.6) is 17.2 Å². The molecule has 23 heavy (non-hydrogen) atoms. The molecule has 2 aromatic carbocycles. The summed E-state index contributed by atoms with van der Waals surface area (Å²) in [5.74, 6) is 1.94. The van der Waals surface area contributed by atoms with Crippen LogP contribution < -0.4 is 14.2 Å². The molecule has 0 saturated heterocycles. The lowest BCUT2D eigenvalue weighted by Crippen LogP contribution is -2.06. The zero-order chi connectivity index (χ0) is 16.2. The first kappa shape index (κ1) is 15.2. The highest BCUT2D eigenvalue weighted by molar-refractivity contribution is 6.07. The van der Waals surface area contributed by atoms with Crippen molar-refractivity contribution in [1.29, 1.82) is 0 Å². The average molecular weight is 310 g/mol. The van der Waals surface area contributed by atoms with Crippen LogP contribution in [-0.2, 0) is 0 Å². The molecular weight excluding hydrogens is 292 g/mol. The Morgan fingerprint density at radius 2 is 1.91 bits per heavy atom. The highest BCUT2D eigenvalue weighted by Crippen LogP contribution is 2.32. The Morgan fingerprint density at radius 3 is 2.74 bits per heavy atom. The van der Waals surface area contributed by atoms with Crippen molar-refractivity contribution in [1.82, 2.24) is 0 Å². The van der Waals surface area contributed by atoms with E-state index in [1.54, 1.807) is 30.4 Å². The fourth-order valence-corrected chi connectivity index (χ4v) is 2.29. The van der Waals surface area contributed by atoms with E-state index in [1.807, 2.05) is 38.1 Å². The summed E-state index contributed by atoms with van der Waals surface area (Å²) in [7, 11) is 0. The fourth-order valence-electron chi connectivity index (χ4n) is 2.29. The first-order chi connectivity index (χ1) is 11.1. The molecule has 1 heterocycles. The van der Waals surface area contributed by atoms with Gasteiger partial charge in [0.05, 0.1) is 6.10 Å². The van der Waals surface area contributed by atoms with Crippen molar-refractivity contribution in [2.45, 2.75) is 20.0 Å². The highest BCUT2D eigenvalue weighted by atomic mass is 16.7. The molecule has 1 aliphatic heterocycles. The quantitative estimate of drug-likeness (QED) is 0.616. The highest BCUT2D eigenvalue weighted by Gasteiger charge is 2.15. The van der Waals surface area contributed by atoms with Crippen LogP contribution in [0.15, 0.2) is 48.5 Å². The van der Waals surface area contributed by atoms with Crippen LogP contribution >= 0.6 is 0 Å². The van der Waals surface area contributed by atoms with Gasteiger partial charge in [0.25, 0.3) is 0 Å². The normalized spacial score (nSPS) is 12.8. The first-order valence-electron chi connectivity index (χ1n) is 7.51. The van der Waals surface area contributed by atoms with Gasteiger partial charge in [0.1, 0.15) is 5.75 Å². The molecule has 0 radical (unpaired) electrons. The molecule has 0 saturated carbocycles. The van der Waals surface area contributed by atoms with Crippen molar-refractivity contribution in [3.8, 4) is 17.2 Å². The minimum Gasteiger partial charge on any atom is -0.490 e. The second-order valence-electron chi connectivity index (χ2n) is 5.47. The molecule has 0 aliphatic carbocycles. The van der Waals surface area contributed by atoms with E-state index in [0.717, 1.165) is 11.3 Å². The number of hydrogen-bond acceptors (Lipinski definition) is 4. The molecule has 0 unspecified atom stereocenters. The third-order valence-electron chi connectivity index (χ3n) is 3.35.